The zero-order valence-corrected chi connectivity index (χ0v) is 12.2. The summed E-state index contributed by atoms with van der Waals surface area (Å²) >= 11 is 5.81. The van der Waals surface area contributed by atoms with E-state index in [-0.39, 0.29) is 11.8 Å². The van der Waals surface area contributed by atoms with Gasteiger partial charge in [-0.05, 0) is 38.1 Å². The highest BCUT2D eigenvalue weighted by Crippen LogP contribution is 2.10. The Balaban J connectivity index is 2.34. The maximum Gasteiger partial charge on any atom is 0.212 e. The van der Waals surface area contributed by atoms with Gasteiger partial charge in [-0.15, -0.1) is 0 Å². The molecule has 1 rings (SSSR count). The predicted octanol–water partition coefficient (Wildman–Crippen LogP) is 1.41. The SMILES string of the molecule is CNS(=O)(=O)CCNC(C)Cc1ccc(Cl)cc1. The van der Waals surface area contributed by atoms with E-state index in [0.717, 1.165) is 11.4 Å². The molecule has 1 unspecified atom stereocenters. The molecular formula is C12H19ClN2O2S. The average molecular weight is 291 g/mol. The van der Waals surface area contributed by atoms with Crippen LogP contribution in [0.25, 0.3) is 0 Å². The van der Waals surface area contributed by atoms with Crippen molar-refractivity contribution in [1.82, 2.24) is 10.0 Å². The normalized spacial score (nSPS) is 13.5. The van der Waals surface area contributed by atoms with E-state index in [1.54, 1.807) is 0 Å². The molecule has 0 fully saturated rings. The molecule has 4 nitrogen and oxygen atoms in total. The molecule has 0 aliphatic rings. The summed E-state index contributed by atoms with van der Waals surface area (Å²) in [6.45, 7) is 2.47. The first-order chi connectivity index (χ1) is 8.43. The molecule has 0 saturated carbocycles. The monoisotopic (exact) mass is 290 g/mol. The van der Waals surface area contributed by atoms with Crippen LogP contribution in [0.4, 0.5) is 0 Å². The van der Waals surface area contributed by atoms with Gasteiger partial charge in [0.2, 0.25) is 10.0 Å². The second-order valence-electron chi connectivity index (χ2n) is 4.21. The van der Waals surface area contributed by atoms with E-state index in [1.165, 1.54) is 12.6 Å². The van der Waals surface area contributed by atoms with E-state index in [1.807, 2.05) is 31.2 Å². The number of rotatable bonds is 7. The first-order valence-corrected chi connectivity index (χ1v) is 7.85. The van der Waals surface area contributed by atoms with E-state index >= 15 is 0 Å². The summed E-state index contributed by atoms with van der Waals surface area (Å²) in [5.41, 5.74) is 1.18. The van der Waals surface area contributed by atoms with Crippen molar-refractivity contribution in [3.05, 3.63) is 34.9 Å². The topological polar surface area (TPSA) is 58.2 Å². The summed E-state index contributed by atoms with van der Waals surface area (Å²) in [5.74, 6) is 0.0917. The largest absolute Gasteiger partial charge is 0.313 e. The summed E-state index contributed by atoms with van der Waals surface area (Å²) in [4.78, 5) is 0. The maximum absolute atomic E-state index is 11.2. The van der Waals surface area contributed by atoms with E-state index in [2.05, 4.69) is 10.0 Å². The second kappa shape index (κ2) is 7.09. The summed E-state index contributed by atoms with van der Waals surface area (Å²) in [6, 6.07) is 7.89. The molecule has 18 heavy (non-hydrogen) atoms. The second-order valence-corrected chi connectivity index (χ2v) is 6.69. The third-order valence-electron chi connectivity index (χ3n) is 2.63. The Labute approximate surface area is 114 Å². The van der Waals surface area contributed by atoms with Crippen LogP contribution < -0.4 is 10.0 Å². The quantitative estimate of drug-likeness (QED) is 0.798. The van der Waals surface area contributed by atoms with Crippen LogP contribution in [0.2, 0.25) is 5.02 Å². The Morgan fingerprint density at radius 2 is 1.89 bits per heavy atom. The van der Waals surface area contributed by atoms with Crippen molar-refractivity contribution in [3.8, 4) is 0 Å². The standard InChI is InChI=1S/C12H19ClN2O2S/c1-10(15-7-8-18(16,17)14-2)9-11-3-5-12(13)6-4-11/h3-6,10,14-15H,7-9H2,1-2H3. The van der Waals surface area contributed by atoms with E-state index in [4.69, 9.17) is 11.6 Å². The lowest BCUT2D eigenvalue weighted by Gasteiger charge is -2.13. The average Bonchev–Trinajstić information content (AvgIpc) is 2.32. The van der Waals surface area contributed by atoms with Gasteiger partial charge in [0.15, 0.2) is 0 Å². The Kier molecular flexibility index (Phi) is 6.08. The highest BCUT2D eigenvalue weighted by molar-refractivity contribution is 7.89. The van der Waals surface area contributed by atoms with Crippen molar-refractivity contribution in [2.45, 2.75) is 19.4 Å². The van der Waals surface area contributed by atoms with E-state index in [0.29, 0.717) is 6.54 Å². The summed E-state index contributed by atoms with van der Waals surface area (Å²) < 4.78 is 24.7. The van der Waals surface area contributed by atoms with Crippen LogP contribution in [-0.2, 0) is 16.4 Å². The Morgan fingerprint density at radius 3 is 2.44 bits per heavy atom. The highest BCUT2D eigenvalue weighted by Gasteiger charge is 2.08. The molecule has 1 aromatic rings. The fourth-order valence-corrected chi connectivity index (χ4v) is 2.30. The smallest absolute Gasteiger partial charge is 0.212 e. The molecule has 102 valence electrons. The summed E-state index contributed by atoms with van der Waals surface area (Å²) in [5, 5.41) is 3.91. The molecule has 1 atom stereocenters. The molecule has 0 heterocycles. The lowest BCUT2D eigenvalue weighted by molar-refractivity contribution is 0.551. The van der Waals surface area contributed by atoms with Crippen molar-refractivity contribution < 1.29 is 8.42 Å². The van der Waals surface area contributed by atoms with Crippen molar-refractivity contribution >= 4 is 21.6 Å². The first kappa shape index (κ1) is 15.4. The van der Waals surface area contributed by atoms with Gasteiger partial charge in [-0.2, -0.15) is 0 Å². The number of sulfonamides is 1. The zero-order chi connectivity index (χ0) is 13.6. The third-order valence-corrected chi connectivity index (χ3v) is 4.25. The fraction of sp³-hybridized carbons (Fsp3) is 0.500. The Morgan fingerprint density at radius 1 is 1.28 bits per heavy atom. The Hall–Kier alpha value is -0.620. The van der Waals surface area contributed by atoms with E-state index in [9.17, 15) is 8.42 Å². The van der Waals surface area contributed by atoms with Gasteiger partial charge in [0.05, 0.1) is 5.75 Å². The predicted molar refractivity (Wildman–Crippen MR) is 75.5 cm³/mol. The van der Waals surface area contributed by atoms with Gasteiger partial charge in [-0.1, -0.05) is 23.7 Å². The third kappa shape index (κ3) is 5.82. The molecule has 1 aromatic carbocycles. The van der Waals surface area contributed by atoms with Crippen LogP contribution in [-0.4, -0.2) is 33.8 Å². The molecule has 0 amide bonds. The van der Waals surface area contributed by atoms with Crippen LogP contribution in [0, 0.1) is 0 Å². The van der Waals surface area contributed by atoms with Gasteiger partial charge in [-0.3, -0.25) is 0 Å². The van der Waals surface area contributed by atoms with E-state index < -0.39 is 10.0 Å². The lowest BCUT2D eigenvalue weighted by Crippen LogP contribution is -2.35. The minimum Gasteiger partial charge on any atom is -0.313 e. The maximum atomic E-state index is 11.2. The van der Waals surface area contributed by atoms with Crippen molar-refractivity contribution in [3.63, 3.8) is 0 Å². The van der Waals surface area contributed by atoms with Crippen LogP contribution in [0.5, 0.6) is 0 Å². The highest BCUT2D eigenvalue weighted by atomic mass is 35.5. The zero-order valence-electron chi connectivity index (χ0n) is 10.6. The molecular weight excluding hydrogens is 272 g/mol. The first-order valence-electron chi connectivity index (χ1n) is 5.82. The minimum atomic E-state index is -3.12. The molecule has 2 N–H and O–H groups in total. The molecule has 0 radical (unpaired) electrons. The number of hydrogen-bond donors (Lipinski definition) is 2. The number of benzene rings is 1. The number of halogens is 1. The van der Waals surface area contributed by atoms with Gasteiger partial charge in [0.1, 0.15) is 0 Å². The van der Waals surface area contributed by atoms with Crippen molar-refractivity contribution in [2.75, 3.05) is 19.3 Å². The lowest BCUT2D eigenvalue weighted by atomic mass is 10.1. The summed E-state index contributed by atoms with van der Waals surface area (Å²) in [7, 11) is -1.70. The van der Waals surface area contributed by atoms with Gasteiger partial charge >= 0.3 is 0 Å². The van der Waals surface area contributed by atoms with Gasteiger partial charge in [0.25, 0.3) is 0 Å². The minimum absolute atomic E-state index is 0.0917. The van der Waals surface area contributed by atoms with Gasteiger partial charge < -0.3 is 5.32 Å². The Bertz CT molecular complexity index is 459. The molecule has 0 spiro atoms. The van der Waals surface area contributed by atoms with Gasteiger partial charge in [0, 0.05) is 17.6 Å². The number of hydrogen-bond acceptors (Lipinski definition) is 3. The van der Waals surface area contributed by atoms with Gasteiger partial charge in [-0.25, -0.2) is 13.1 Å². The molecule has 0 saturated heterocycles. The van der Waals surface area contributed by atoms with Crippen molar-refractivity contribution in [1.29, 1.82) is 0 Å². The van der Waals surface area contributed by atoms with Crippen LogP contribution in [0.15, 0.2) is 24.3 Å². The molecule has 0 aromatic heterocycles. The molecule has 0 bridgehead atoms. The molecule has 6 heteroatoms. The van der Waals surface area contributed by atoms with Crippen LogP contribution in [0.1, 0.15) is 12.5 Å². The molecule has 0 aliphatic carbocycles. The number of nitrogens with one attached hydrogen (secondary N) is 2. The van der Waals surface area contributed by atoms with Crippen LogP contribution >= 0.6 is 11.6 Å². The molecule has 0 aliphatic heterocycles. The van der Waals surface area contributed by atoms with Crippen molar-refractivity contribution in [2.24, 2.45) is 0 Å². The van der Waals surface area contributed by atoms with Crippen LogP contribution in [0.3, 0.4) is 0 Å². The summed E-state index contributed by atoms with van der Waals surface area (Å²) in [6.07, 6.45) is 0.844. The fourth-order valence-electron chi connectivity index (χ4n) is 1.59.